The number of aldehydes is 1. The highest BCUT2D eigenvalue weighted by Gasteiger charge is 2.27. The molecule has 11 N–H and O–H groups in total. The average molecular weight is 603 g/mol. The standard InChI is InChI=1S/C24H46N10O4S2/c25-23(26)32-12-10-30-21(37)17-34(14-15-35)19(22(38)31-11-13-33-24(27)28)6-3-4-9-29-20(36)7-2-1-5-18-8-16-39-40-18/h15,18-19H,1-14,16-17H2,(H,29,36)(H,30,37)(H,31,38)(H4,25,26,32)(H4,27,28,33). The highest BCUT2D eigenvalue weighted by molar-refractivity contribution is 8.77. The lowest BCUT2D eigenvalue weighted by molar-refractivity contribution is -0.130. The highest BCUT2D eigenvalue weighted by atomic mass is 33.1. The van der Waals surface area contributed by atoms with E-state index in [1.165, 1.54) is 17.1 Å². The van der Waals surface area contributed by atoms with Crippen LogP contribution < -0.4 is 38.9 Å². The molecule has 1 heterocycles. The number of hydrogen-bond donors (Lipinski definition) is 7. The molecule has 1 aliphatic rings. The molecule has 1 saturated heterocycles. The van der Waals surface area contributed by atoms with Crippen molar-refractivity contribution in [3.8, 4) is 0 Å². The maximum Gasteiger partial charge on any atom is 0.237 e. The van der Waals surface area contributed by atoms with E-state index in [4.69, 9.17) is 22.9 Å². The van der Waals surface area contributed by atoms with Crippen LogP contribution in [0, 0.1) is 0 Å². The number of hydrogen-bond acceptors (Lipinski definition) is 9. The normalized spacial score (nSPS) is 15.2. The Hall–Kier alpha value is -2.72. The monoisotopic (exact) mass is 602 g/mol. The summed E-state index contributed by atoms with van der Waals surface area (Å²) < 4.78 is 0. The zero-order chi connectivity index (χ0) is 29.6. The average Bonchev–Trinajstić information content (AvgIpc) is 3.42. The molecule has 40 heavy (non-hydrogen) atoms. The Morgan fingerprint density at radius 2 is 1.57 bits per heavy atom. The first kappa shape index (κ1) is 35.3. The van der Waals surface area contributed by atoms with Crippen LogP contribution in [-0.2, 0) is 19.2 Å². The Kier molecular flexibility index (Phi) is 19.4. The van der Waals surface area contributed by atoms with Gasteiger partial charge in [-0.1, -0.05) is 28.0 Å². The summed E-state index contributed by atoms with van der Waals surface area (Å²) in [5, 5.41) is 9.09. The number of nitrogens with two attached hydrogens (primary N) is 4. The molecule has 0 aromatic rings. The molecule has 0 bridgehead atoms. The quantitative estimate of drug-likeness (QED) is 0.0251. The summed E-state index contributed by atoms with van der Waals surface area (Å²) in [5.41, 5.74) is 21.2. The number of guanidine groups is 2. The predicted octanol–water partition coefficient (Wildman–Crippen LogP) is -1.36. The summed E-state index contributed by atoms with van der Waals surface area (Å²) >= 11 is 0. The summed E-state index contributed by atoms with van der Waals surface area (Å²) in [6.07, 6.45) is 7.15. The minimum atomic E-state index is -0.741. The SMILES string of the molecule is NC(N)=NCCNC(=O)CN(CC=O)C(CCCCNC(=O)CCCCC1CCSS1)C(=O)NCCN=C(N)N. The topological polar surface area (TPSA) is 236 Å². The molecule has 16 heteroatoms. The Morgan fingerprint density at radius 1 is 0.900 bits per heavy atom. The molecular weight excluding hydrogens is 556 g/mol. The molecule has 2 atom stereocenters. The molecule has 0 aliphatic carbocycles. The van der Waals surface area contributed by atoms with Crippen LogP contribution in [0.1, 0.15) is 51.4 Å². The molecule has 0 saturated carbocycles. The lowest BCUT2D eigenvalue weighted by atomic mass is 10.1. The third kappa shape index (κ3) is 17.8. The van der Waals surface area contributed by atoms with Gasteiger partial charge in [0.2, 0.25) is 17.7 Å². The molecule has 14 nitrogen and oxygen atoms in total. The van der Waals surface area contributed by atoms with Gasteiger partial charge in [-0.2, -0.15) is 0 Å². The van der Waals surface area contributed by atoms with E-state index in [0.717, 1.165) is 24.5 Å². The Balaban J connectivity index is 2.54. The maximum absolute atomic E-state index is 13.0. The molecule has 0 spiro atoms. The Labute approximate surface area is 244 Å². The fourth-order valence-corrected chi connectivity index (χ4v) is 7.01. The van der Waals surface area contributed by atoms with Gasteiger partial charge < -0.3 is 43.7 Å². The van der Waals surface area contributed by atoms with Crippen molar-refractivity contribution in [3.05, 3.63) is 0 Å². The third-order valence-corrected chi connectivity index (χ3v) is 8.97. The fraction of sp³-hybridized carbons (Fsp3) is 0.750. The number of aliphatic imine (C=N–C) groups is 2. The smallest absolute Gasteiger partial charge is 0.237 e. The lowest BCUT2D eigenvalue weighted by Crippen LogP contribution is -2.51. The van der Waals surface area contributed by atoms with Gasteiger partial charge in [0.05, 0.1) is 32.2 Å². The number of carbonyl (C=O) groups is 4. The summed E-state index contributed by atoms with van der Waals surface area (Å²) in [4.78, 5) is 58.2. The molecule has 1 aliphatic heterocycles. The van der Waals surface area contributed by atoms with Crippen molar-refractivity contribution in [3.63, 3.8) is 0 Å². The van der Waals surface area contributed by atoms with Crippen molar-refractivity contribution in [1.29, 1.82) is 0 Å². The molecule has 3 amide bonds. The highest BCUT2D eigenvalue weighted by Crippen LogP contribution is 2.39. The third-order valence-electron chi connectivity index (χ3n) is 5.97. The summed E-state index contributed by atoms with van der Waals surface area (Å²) in [6.45, 7) is 1.03. The number of carbonyl (C=O) groups excluding carboxylic acids is 4. The van der Waals surface area contributed by atoms with Gasteiger partial charge >= 0.3 is 0 Å². The molecule has 0 aromatic carbocycles. The van der Waals surface area contributed by atoms with E-state index in [0.29, 0.717) is 38.5 Å². The van der Waals surface area contributed by atoms with Gasteiger partial charge in [0.15, 0.2) is 11.9 Å². The van der Waals surface area contributed by atoms with E-state index in [2.05, 4.69) is 25.9 Å². The summed E-state index contributed by atoms with van der Waals surface area (Å²) in [6, 6.07) is -0.741. The van der Waals surface area contributed by atoms with Crippen LogP contribution in [0.3, 0.4) is 0 Å². The van der Waals surface area contributed by atoms with Crippen molar-refractivity contribution < 1.29 is 19.2 Å². The Bertz CT molecular complexity index is 832. The van der Waals surface area contributed by atoms with E-state index >= 15 is 0 Å². The van der Waals surface area contributed by atoms with Crippen LogP contribution in [0.25, 0.3) is 0 Å². The van der Waals surface area contributed by atoms with Crippen LogP contribution >= 0.6 is 21.6 Å². The van der Waals surface area contributed by atoms with Gasteiger partial charge in [-0.15, -0.1) is 0 Å². The van der Waals surface area contributed by atoms with E-state index in [1.807, 2.05) is 21.6 Å². The number of nitrogens with one attached hydrogen (secondary N) is 3. The molecule has 1 rings (SSSR count). The second-order valence-corrected chi connectivity index (χ2v) is 12.1. The number of amides is 3. The van der Waals surface area contributed by atoms with Crippen LogP contribution in [-0.4, -0.2) is 104 Å². The van der Waals surface area contributed by atoms with Crippen LogP contribution in [0.15, 0.2) is 9.98 Å². The maximum atomic E-state index is 13.0. The van der Waals surface area contributed by atoms with Gasteiger partial charge in [0.1, 0.15) is 6.29 Å². The molecule has 2 unspecified atom stereocenters. The Morgan fingerprint density at radius 3 is 2.20 bits per heavy atom. The van der Waals surface area contributed by atoms with E-state index < -0.39 is 6.04 Å². The first-order chi connectivity index (χ1) is 19.2. The minimum absolute atomic E-state index is 0.0300. The zero-order valence-corrected chi connectivity index (χ0v) is 24.8. The minimum Gasteiger partial charge on any atom is -0.370 e. The first-order valence-corrected chi connectivity index (χ1v) is 16.0. The molecule has 0 aromatic heterocycles. The van der Waals surface area contributed by atoms with Crippen molar-refractivity contribution in [1.82, 2.24) is 20.9 Å². The van der Waals surface area contributed by atoms with Crippen LogP contribution in [0.5, 0.6) is 0 Å². The molecule has 228 valence electrons. The number of nitrogens with zero attached hydrogens (tertiary/aromatic N) is 3. The summed E-state index contributed by atoms with van der Waals surface area (Å²) in [7, 11) is 3.89. The van der Waals surface area contributed by atoms with Crippen molar-refractivity contribution in [2.75, 3.05) is 51.6 Å². The number of rotatable bonds is 22. The second kappa shape index (κ2) is 22.0. The second-order valence-electron chi connectivity index (χ2n) is 9.29. The van der Waals surface area contributed by atoms with Crippen molar-refractivity contribution >= 4 is 57.5 Å². The van der Waals surface area contributed by atoms with Gasteiger partial charge in [0.25, 0.3) is 0 Å². The van der Waals surface area contributed by atoms with Crippen LogP contribution in [0.2, 0.25) is 0 Å². The molecule has 1 fully saturated rings. The zero-order valence-electron chi connectivity index (χ0n) is 23.1. The van der Waals surface area contributed by atoms with E-state index in [1.54, 1.807) is 0 Å². The predicted molar refractivity (Wildman–Crippen MR) is 163 cm³/mol. The number of unbranched alkanes of at least 4 members (excludes halogenated alkanes) is 2. The lowest BCUT2D eigenvalue weighted by Gasteiger charge is -2.28. The van der Waals surface area contributed by atoms with Crippen molar-refractivity contribution in [2.45, 2.75) is 62.7 Å². The summed E-state index contributed by atoms with van der Waals surface area (Å²) in [5.74, 6) is 0.370. The largest absolute Gasteiger partial charge is 0.370 e. The van der Waals surface area contributed by atoms with Gasteiger partial charge in [0, 0.05) is 37.1 Å². The van der Waals surface area contributed by atoms with Gasteiger partial charge in [-0.25, -0.2) is 0 Å². The van der Waals surface area contributed by atoms with Crippen molar-refractivity contribution in [2.24, 2.45) is 32.9 Å². The van der Waals surface area contributed by atoms with E-state index in [-0.39, 0.29) is 68.9 Å². The van der Waals surface area contributed by atoms with Gasteiger partial charge in [-0.05, 0) is 38.5 Å². The fourth-order valence-electron chi connectivity index (χ4n) is 3.98. The molecule has 0 radical (unpaired) electrons. The van der Waals surface area contributed by atoms with E-state index in [9.17, 15) is 19.2 Å². The molecular formula is C24H46N10O4S2. The first-order valence-electron chi connectivity index (χ1n) is 13.6. The van der Waals surface area contributed by atoms with Crippen LogP contribution in [0.4, 0.5) is 0 Å². The van der Waals surface area contributed by atoms with Gasteiger partial charge in [-0.3, -0.25) is 29.3 Å².